The van der Waals surface area contributed by atoms with Crippen LogP contribution in [0.4, 0.5) is 0 Å². The molecule has 1 rings (SSSR count). The van der Waals surface area contributed by atoms with Gasteiger partial charge in [-0.2, -0.15) is 0 Å². The minimum absolute atomic E-state index is 0.150. The van der Waals surface area contributed by atoms with Crippen LogP contribution >= 0.6 is 0 Å². The van der Waals surface area contributed by atoms with Gasteiger partial charge in [-0.25, -0.2) is 0 Å². The average Bonchev–Trinajstić information content (AvgIpc) is 2.43. The summed E-state index contributed by atoms with van der Waals surface area (Å²) in [4.78, 5) is 2.40. The Morgan fingerprint density at radius 2 is 1.95 bits per heavy atom. The van der Waals surface area contributed by atoms with E-state index in [1.165, 1.54) is 5.56 Å². The maximum atomic E-state index is 8.83. The summed E-state index contributed by atoms with van der Waals surface area (Å²) in [6.45, 7) is 7.52. The molecule has 0 aromatic heterocycles. The molecule has 0 radical (unpaired) electrons. The molecule has 0 fully saturated rings. The quantitative estimate of drug-likeness (QED) is 0.344. The third kappa shape index (κ3) is 4.56. The molecule has 0 amide bonds. The van der Waals surface area contributed by atoms with Gasteiger partial charge in [0.25, 0.3) is 0 Å². The summed E-state index contributed by atoms with van der Waals surface area (Å²) < 4.78 is 0. The van der Waals surface area contributed by atoms with Crippen LogP contribution < -0.4 is 5.73 Å². The zero-order valence-electron chi connectivity index (χ0n) is 12.1. The molecule has 1 unspecified atom stereocenters. The molecule has 0 saturated carbocycles. The Kier molecular flexibility index (Phi) is 6.36. The van der Waals surface area contributed by atoms with Gasteiger partial charge in [0.1, 0.15) is 5.84 Å². The lowest BCUT2D eigenvalue weighted by Gasteiger charge is -2.35. The molecule has 4 heteroatoms. The van der Waals surface area contributed by atoms with Gasteiger partial charge in [-0.15, -0.1) is 0 Å². The van der Waals surface area contributed by atoms with Gasteiger partial charge in [-0.05, 0) is 32.4 Å². The normalized spacial score (nSPS) is 14.1. The van der Waals surface area contributed by atoms with Gasteiger partial charge in [0, 0.05) is 18.5 Å². The van der Waals surface area contributed by atoms with E-state index in [4.69, 9.17) is 10.9 Å². The maximum absolute atomic E-state index is 8.83. The summed E-state index contributed by atoms with van der Waals surface area (Å²) in [7, 11) is 0. The summed E-state index contributed by atoms with van der Waals surface area (Å²) in [5.74, 6) is 0.274. The van der Waals surface area contributed by atoms with Crippen LogP contribution in [-0.2, 0) is 0 Å². The smallest absolute Gasteiger partial charge is 0.141 e. The Balaban J connectivity index is 3.03. The largest absolute Gasteiger partial charge is 0.409 e. The fourth-order valence-corrected chi connectivity index (χ4v) is 2.37. The van der Waals surface area contributed by atoms with Gasteiger partial charge in [-0.1, -0.05) is 42.4 Å². The molecule has 4 nitrogen and oxygen atoms in total. The lowest BCUT2D eigenvalue weighted by molar-refractivity contribution is 0.156. The molecule has 19 heavy (non-hydrogen) atoms. The number of amidine groups is 1. The molecule has 1 aromatic rings. The number of rotatable bonds is 7. The van der Waals surface area contributed by atoms with Gasteiger partial charge in [-0.3, -0.25) is 4.90 Å². The first-order valence-corrected chi connectivity index (χ1v) is 6.87. The third-order valence-corrected chi connectivity index (χ3v) is 3.26. The highest BCUT2D eigenvalue weighted by molar-refractivity contribution is 5.80. The molecule has 0 heterocycles. The highest BCUT2D eigenvalue weighted by Crippen LogP contribution is 2.26. The molecule has 0 aliphatic rings. The van der Waals surface area contributed by atoms with Crippen LogP contribution in [0.2, 0.25) is 0 Å². The van der Waals surface area contributed by atoms with E-state index in [1.54, 1.807) is 0 Å². The van der Waals surface area contributed by atoms with Gasteiger partial charge >= 0.3 is 0 Å². The maximum Gasteiger partial charge on any atom is 0.141 e. The molecule has 0 saturated heterocycles. The van der Waals surface area contributed by atoms with E-state index in [2.05, 4.69) is 43.0 Å². The van der Waals surface area contributed by atoms with Crippen LogP contribution in [0.15, 0.2) is 35.5 Å². The van der Waals surface area contributed by atoms with Gasteiger partial charge in [0.05, 0.1) is 0 Å². The Labute approximate surface area is 115 Å². The number of hydrogen-bond acceptors (Lipinski definition) is 3. The number of benzene rings is 1. The Hall–Kier alpha value is -1.55. The molecule has 0 spiro atoms. The van der Waals surface area contributed by atoms with E-state index in [0.29, 0.717) is 12.5 Å². The minimum atomic E-state index is 0.150. The van der Waals surface area contributed by atoms with Gasteiger partial charge in [0.2, 0.25) is 0 Å². The molecule has 1 aromatic carbocycles. The monoisotopic (exact) mass is 263 g/mol. The second kappa shape index (κ2) is 7.79. The summed E-state index contributed by atoms with van der Waals surface area (Å²) in [6.07, 6.45) is 1.62. The highest BCUT2D eigenvalue weighted by atomic mass is 16.4. The molecule has 0 aliphatic carbocycles. The van der Waals surface area contributed by atoms with Crippen LogP contribution in [0.25, 0.3) is 0 Å². The van der Waals surface area contributed by atoms with Crippen molar-refractivity contribution < 1.29 is 5.21 Å². The Morgan fingerprint density at radius 3 is 2.42 bits per heavy atom. The van der Waals surface area contributed by atoms with Crippen molar-refractivity contribution in [2.24, 2.45) is 10.9 Å². The average molecular weight is 263 g/mol. The molecule has 106 valence electrons. The van der Waals surface area contributed by atoms with Crippen LogP contribution in [0.5, 0.6) is 0 Å². The SMILES string of the molecule is CCCN(C(C)C)C(CC(N)=NO)c1ccccc1. The summed E-state index contributed by atoms with van der Waals surface area (Å²) in [5, 5.41) is 11.9. The van der Waals surface area contributed by atoms with Crippen molar-refractivity contribution in [3.05, 3.63) is 35.9 Å². The number of nitrogens with two attached hydrogens (primary N) is 1. The van der Waals surface area contributed by atoms with Gasteiger partial charge < -0.3 is 10.9 Å². The van der Waals surface area contributed by atoms with Crippen molar-refractivity contribution in [1.29, 1.82) is 0 Å². The summed E-state index contributed by atoms with van der Waals surface area (Å²) >= 11 is 0. The first-order valence-electron chi connectivity index (χ1n) is 6.87. The molecular weight excluding hydrogens is 238 g/mol. The van der Waals surface area contributed by atoms with E-state index < -0.39 is 0 Å². The van der Waals surface area contributed by atoms with Gasteiger partial charge in [0.15, 0.2) is 0 Å². The van der Waals surface area contributed by atoms with Crippen molar-refractivity contribution in [3.8, 4) is 0 Å². The molecule has 0 bridgehead atoms. The van der Waals surface area contributed by atoms with Crippen LogP contribution in [0, 0.1) is 0 Å². The predicted molar refractivity (Wildman–Crippen MR) is 79.3 cm³/mol. The zero-order valence-corrected chi connectivity index (χ0v) is 12.1. The molecule has 1 atom stereocenters. The Bertz CT molecular complexity index is 390. The van der Waals surface area contributed by atoms with Crippen LogP contribution in [-0.4, -0.2) is 28.5 Å². The van der Waals surface area contributed by atoms with Crippen molar-refractivity contribution in [1.82, 2.24) is 4.90 Å². The standard InChI is InChI=1S/C15H25N3O/c1-4-10-18(12(2)3)14(11-15(16)17-19)13-8-6-5-7-9-13/h5-9,12,14,19H,4,10-11H2,1-3H3,(H2,16,17). The van der Waals surface area contributed by atoms with Crippen LogP contribution in [0.1, 0.15) is 45.2 Å². The van der Waals surface area contributed by atoms with E-state index in [0.717, 1.165) is 13.0 Å². The second-order valence-electron chi connectivity index (χ2n) is 5.05. The molecule has 3 N–H and O–H groups in total. The zero-order chi connectivity index (χ0) is 14.3. The van der Waals surface area contributed by atoms with Crippen molar-refractivity contribution in [2.75, 3.05) is 6.54 Å². The van der Waals surface area contributed by atoms with Crippen molar-refractivity contribution >= 4 is 5.84 Å². The first kappa shape index (κ1) is 15.5. The minimum Gasteiger partial charge on any atom is -0.409 e. The molecule has 0 aliphatic heterocycles. The van der Waals surface area contributed by atoms with Crippen molar-refractivity contribution in [2.45, 2.75) is 45.7 Å². The Morgan fingerprint density at radius 1 is 1.32 bits per heavy atom. The lowest BCUT2D eigenvalue weighted by Crippen LogP contribution is -2.37. The number of hydrogen-bond donors (Lipinski definition) is 2. The third-order valence-electron chi connectivity index (χ3n) is 3.26. The fraction of sp³-hybridized carbons (Fsp3) is 0.533. The topological polar surface area (TPSA) is 61.8 Å². The molecular formula is C15H25N3O. The van der Waals surface area contributed by atoms with E-state index in [9.17, 15) is 0 Å². The van der Waals surface area contributed by atoms with Crippen LogP contribution in [0.3, 0.4) is 0 Å². The summed E-state index contributed by atoms with van der Waals surface area (Å²) in [6, 6.07) is 10.8. The summed E-state index contributed by atoms with van der Waals surface area (Å²) in [5.41, 5.74) is 6.92. The number of oxime groups is 1. The van der Waals surface area contributed by atoms with E-state index in [-0.39, 0.29) is 11.9 Å². The first-order chi connectivity index (χ1) is 9.10. The highest BCUT2D eigenvalue weighted by Gasteiger charge is 2.23. The fourth-order valence-electron chi connectivity index (χ4n) is 2.37. The van der Waals surface area contributed by atoms with E-state index in [1.807, 2.05) is 18.2 Å². The van der Waals surface area contributed by atoms with E-state index >= 15 is 0 Å². The van der Waals surface area contributed by atoms with Crippen molar-refractivity contribution in [3.63, 3.8) is 0 Å². The predicted octanol–water partition coefficient (Wildman–Crippen LogP) is 2.98. The lowest BCUT2D eigenvalue weighted by atomic mass is 9.99. The second-order valence-corrected chi connectivity index (χ2v) is 5.05. The number of nitrogens with zero attached hydrogens (tertiary/aromatic N) is 2.